The van der Waals surface area contributed by atoms with Gasteiger partial charge in [0.2, 0.25) is 11.8 Å². The first-order chi connectivity index (χ1) is 5.04. The maximum atomic E-state index is 11.1. The van der Waals surface area contributed by atoms with E-state index in [2.05, 4.69) is 0 Å². The van der Waals surface area contributed by atoms with Crippen LogP contribution in [0.25, 0.3) is 0 Å². The molecule has 61 valence electrons. The van der Waals surface area contributed by atoms with Crippen LogP contribution in [0.1, 0.15) is 6.42 Å². The van der Waals surface area contributed by atoms with Crippen molar-refractivity contribution < 1.29 is 14.2 Å². The van der Waals surface area contributed by atoms with Crippen molar-refractivity contribution >= 4 is 19.9 Å². The number of rotatable bonds is 0. The van der Waals surface area contributed by atoms with Crippen molar-refractivity contribution in [2.75, 3.05) is 14.1 Å². The molecule has 5 nitrogen and oxygen atoms in total. The molecule has 0 aromatic heterocycles. The molecule has 1 aliphatic rings. The number of carbonyl (C=O) groups excluding carboxylic acids is 2. The molecule has 0 aromatic rings. The first-order valence-corrected chi connectivity index (χ1v) is 4.20. The molecule has 2 amide bonds. The fraction of sp³-hybridized carbons (Fsp3) is 0.600. The molecule has 11 heavy (non-hydrogen) atoms. The van der Waals surface area contributed by atoms with Crippen LogP contribution < -0.4 is 0 Å². The third-order valence-corrected chi connectivity index (χ3v) is 3.01. The Morgan fingerprint density at radius 1 is 1.18 bits per heavy atom. The fourth-order valence-electron chi connectivity index (χ4n) is 0.750. The van der Waals surface area contributed by atoms with Gasteiger partial charge in [-0.15, -0.1) is 0 Å². The molecule has 0 spiro atoms. The van der Waals surface area contributed by atoms with E-state index in [1.807, 2.05) is 0 Å². The van der Waals surface area contributed by atoms with Gasteiger partial charge < -0.3 is 0 Å². The smallest absolute Gasteiger partial charge is 0.274 e. The van der Waals surface area contributed by atoms with E-state index < -0.39 is 8.10 Å². The monoisotopic (exact) mass is 175 g/mol. The van der Waals surface area contributed by atoms with Gasteiger partial charge in [0.15, 0.2) is 0 Å². The van der Waals surface area contributed by atoms with Crippen molar-refractivity contribution in [3.05, 3.63) is 0 Å². The van der Waals surface area contributed by atoms with E-state index >= 15 is 0 Å². The lowest BCUT2D eigenvalue weighted by atomic mass is 10.4. The molecule has 0 aromatic carbocycles. The predicted molar refractivity (Wildman–Crippen MR) is 37.8 cm³/mol. The summed E-state index contributed by atoms with van der Waals surface area (Å²) in [7, 11) is 0.866. The van der Waals surface area contributed by atoms with Crippen LogP contribution in [0.2, 0.25) is 0 Å². The fourth-order valence-corrected chi connectivity index (χ4v) is 1.68. The molecule has 1 heterocycles. The molecule has 6 heteroatoms. The highest BCUT2D eigenvalue weighted by molar-refractivity contribution is 7.41. The zero-order valence-electron chi connectivity index (χ0n) is 6.27. The minimum absolute atomic E-state index is 0.173. The quantitative estimate of drug-likeness (QED) is 0.383. The van der Waals surface area contributed by atoms with E-state index in [1.165, 1.54) is 14.1 Å². The topological polar surface area (TPSA) is 57.7 Å². The summed E-state index contributed by atoms with van der Waals surface area (Å²) >= 11 is 0. The molecule has 0 N–H and O–H groups in total. The second-order valence-electron chi connectivity index (χ2n) is 2.26. The Balaban J connectivity index is 2.87. The number of hydrogen-bond donors (Lipinski definition) is 0. The Labute approximate surface area is 64.9 Å². The first-order valence-electron chi connectivity index (χ1n) is 3.04. The van der Waals surface area contributed by atoms with Gasteiger partial charge in [0, 0.05) is 14.1 Å². The summed E-state index contributed by atoms with van der Waals surface area (Å²) in [6, 6.07) is 0. The van der Waals surface area contributed by atoms with E-state index in [1.54, 1.807) is 0 Å². The van der Waals surface area contributed by atoms with Gasteiger partial charge in [-0.3, -0.25) is 18.9 Å². The van der Waals surface area contributed by atoms with Crippen LogP contribution in [0, 0.1) is 0 Å². The second kappa shape index (κ2) is 2.58. The van der Waals surface area contributed by atoms with Gasteiger partial charge in [-0.1, -0.05) is 0 Å². The van der Waals surface area contributed by atoms with Gasteiger partial charge >= 0.3 is 0 Å². The maximum Gasteiger partial charge on any atom is 0.290 e. The Kier molecular flexibility index (Phi) is 1.91. The third-order valence-electron chi connectivity index (χ3n) is 1.54. The van der Waals surface area contributed by atoms with Gasteiger partial charge in [-0.05, 0) is 0 Å². The lowest BCUT2D eigenvalue weighted by Crippen LogP contribution is -2.37. The van der Waals surface area contributed by atoms with Gasteiger partial charge in [-0.2, -0.15) is 0 Å². The molecule has 1 saturated heterocycles. The number of nitrogens with zero attached hydrogens (tertiary/aromatic N) is 2. The average Bonchev–Trinajstić information content (AvgIpc) is 1.97. The van der Waals surface area contributed by atoms with Crippen LogP contribution in [-0.4, -0.2) is 35.3 Å². The highest BCUT2D eigenvalue weighted by Gasteiger charge is 2.32. The normalized spacial score (nSPS) is 19.6. The standard InChI is InChI=1S/C5H8N2O3P/c1-6-4(8)3-5(9)7(2)11(6)10/h3H2,1-2H3. The molecule has 0 aliphatic carbocycles. The molecule has 1 radical (unpaired) electrons. The number of hydrogen-bond acceptors (Lipinski definition) is 3. The average molecular weight is 175 g/mol. The van der Waals surface area contributed by atoms with E-state index in [-0.39, 0.29) is 18.2 Å². The lowest BCUT2D eigenvalue weighted by Gasteiger charge is -2.27. The molecule has 1 rings (SSSR count). The summed E-state index contributed by atoms with van der Waals surface area (Å²) in [5.41, 5.74) is 0. The van der Waals surface area contributed by atoms with Crippen molar-refractivity contribution in [3.8, 4) is 0 Å². The molecular weight excluding hydrogens is 167 g/mol. The largest absolute Gasteiger partial charge is 0.290 e. The zero-order chi connectivity index (χ0) is 8.59. The molecule has 0 atom stereocenters. The van der Waals surface area contributed by atoms with E-state index in [0.717, 1.165) is 9.34 Å². The van der Waals surface area contributed by atoms with Crippen LogP contribution >= 0.6 is 8.10 Å². The van der Waals surface area contributed by atoms with Crippen LogP contribution in [0.5, 0.6) is 0 Å². The van der Waals surface area contributed by atoms with Gasteiger partial charge in [0.1, 0.15) is 6.42 Å². The Bertz CT molecular complexity index is 218. The summed E-state index contributed by atoms with van der Waals surface area (Å²) in [6.07, 6.45) is -0.173. The molecule has 0 bridgehead atoms. The van der Waals surface area contributed by atoms with E-state index in [9.17, 15) is 14.2 Å². The van der Waals surface area contributed by atoms with Crippen LogP contribution in [0.3, 0.4) is 0 Å². The summed E-state index contributed by atoms with van der Waals surface area (Å²) in [5, 5.41) is 0. The van der Waals surface area contributed by atoms with Crippen molar-refractivity contribution in [2.45, 2.75) is 6.42 Å². The Morgan fingerprint density at radius 2 is 1.55 bits per heavy atom. The number of amides is 2. The molecule has 1 fully saturated rings. The second-order valence-corrected chi connectivity index (χ2v) is 3.97. The molecular formula is C5H8N2O3P. The minimum Gasteiger partial charge on any atom is -0.274 e. The van der Waals surface area contributed by atoms with Crippen molar-refractivity contribution in [1.29, 1.82) is 0 Å². The lowest BCUT2D eigenvalue weighted by molar-refractivity contribution is -0.136. The summed E-state index contributed by atoms with van der Waals surface area (Å²) < 4.78 is 13.3. The van der Waals surface area contributed by atoms with E-state index in [0.29, 0.717) is 0 Å². The van der Waals surface area contributed by atoms with Crippen molar-refractivity contribution in [3.63, 3.8) is 0 Å². The van der Waals surface area contributed by atoms with Crippen LogP contribution in [0.15, 0.2) is 0 Å². The highest BCUT2D eigenvalue weighted by atomic mass is 31.1. The van der Waals surface area contributed by atoms with Gasteiger partial charge in [0.25, 0.3) is 8.10 Å². The van der Waals surface area contributed by atoms with Gasteiger partial charge in [0.05, 0.1) is 0 Å². The first kappa shape index (κ1) is 8.14. The third kappa shape index (κ3) is 1.24. The summed E-state index contributed by atoms with van der Waals surface area (Å²) in [4.78, 5) is 21.7. The maximum absolute atomic E-state index is 11.1. The van der Waals surface area contributed by atoms with Crippen LogP contribution in [0.4, 0.5) is 0 Å². The minimum atomic E-state index is -1.98. The van der Waals surface area contributed by atoms with Gasteiger partial charge in [-0.25, -0.2) is 4.57 Å². The van der Waals surface area contributed by atoms with Crippen LogP contribution in [-0.2, 0) is 14.2 Å². The molecule has 0 unspecified atom stereocenters. The van der Waals surface area contributed by atoms with Crippen molar-refractivity contribution in [1.82, 2.24) is 9.34 Å². The SMILES string of the molecule is CN1C(=O)CC(=O)N(C)[P]1=O. The number of carbonyl (C=O) groups is 2. The summed E-state index contributed by atoms with van der Waals surface area (Å²) in [6.45, 7) is 0. The summed E-state index contributed by atoms with van der Waals surface area (Å²) in [5.74, 6) is -0.761. The predicted octanol–water partition coefficient (Wildman–Crippen LogP) is -0.0357. The Morgan fingerprint density at radius 3 is 1.91 bits per heavy atom. The zero-order valence-corrected chi connectivity index (χ0v) is 7.17. The molecule has 1 aliphatic heterocycles. The molecule has 0 saturated carbocycles. The van der Waals surface area contributed by atoms with Crippen molar-refractivity contribution in [2.24, 2.45) is 0 Å². The van der Waals surface area contributed by atoms with E-state index in [4.69, 9.17) is 0 Å². The highest BCUT2D eigenvalue weighted by Crippen LogP contribution is 2.33. The Hall–Kier alpha value is -0.960.